The van der Waals surface area contributed by atoms with Crippen molar-refractivity contribution in [3.8, 4) is 23.6 Å². The van der Waals surface area contributed by atoms with E-state index < -0.39 is 0 Å². The van der Waals surface area contributed by atoms with E-state index in [2.05, 4.69) is 0 Å². The minimum absolute atomic E-state index is 0.0149. The number of hydrogen-bond donors (Lipinski definition) is 1. The Morgan fingerprint density at radius 2 is 1.91 bits per heavy atom. The summed E-state index contributed by atoms with van der Waals surface area (Å²) in [6.07, 6.45) is 5.10. The first-order valence-corrected chi connectivity index (χ1v) is 7.19. The van der Waals surface area contributed by atoms with Crippen LogP contribution in [-0.2, 0) is 0 Å². The molecule has 5 nitrogen and oxygen atoms in total. The Morgan fingerprint density at radius 1 is 1.18 bits per heavy atom. The lowest BCUT2D eigenvalue weighted by atomic mass is 10.1. The molecular formula is C17H20N2O3. The maximum Gasteiger partial charge on any atom is 0.168 e. The van der Waals surface area contributed by atoms with Crippen molar-refractivity contribution in [2.24, 2.45) is 0 Å². The van der Waals surface area contributed by atoms with Gasteiger partial charge in [-0.05, 0) is 31.4 Å². The molecule has 0 aliphatic heterocycles. The maximum absolute atomic E-state index is 8.87. The first-order chi connectivity index (χ1) is 10.8. The van der Waals surface area contributed by atoms with Crippen LogP contribution in [0.15, 0.2) is 23.8 Å². The summed E-state index contributed by atoms with van der Waals surface area (Å²) in [5.74, 6) is 1.11. The van der Waals surface area contributed by atoms with Gasteiger partial charge in [0.1, 0.15) is 17.7 Å². The summed E-state index contributed by atoms with van der Waals surface area (Å²) in [5.41, 5.74) is 0.661. The molecule has 22 heavy (non-hydrogen) atoms. The van der Waals surface area contributed by atoms with Gasteiger partial charge in [0, 0.05) is 12.2 Å². The molecule has 0 bridgehead atoms. The number of aliphatic hydroxyl groups excluding tert-OH is 1. The summed E-state index contributed by atoms with van der Waals surface area (Å²) in [5, 5.41) is 26.5. The number of hydrogen-bond acceptors (Lipinski definition) is 5. The number of para-hydroxylation sites is 1. The van der Waals surface area contributed by atoms with E-state index in [9.17, 15) is 0 Å². The standard InChI is InChI=1S/C17H20N2O3/c1-21-16-8-6-7-15(11-14(12-18)13-19)17(16)22-10-5-3-2-4-9-20/h6-8,11,20H,2-5,9-10H2,1H3. The molecule has 116 valence electrons. The van der Waals surface area contributed by atoms with Gasteiger partial charge in [0.2, 0.25) is 0 Å². The van der Waals surface area contributed by atoms with Crippen molar-refractivity contribution in [2.45, 2.75) is 25.7 Å². The number of benzene rings is 1. The Kier molecular flexibility index (Phi) is 8.18. The summed E-state index contributed by atoms with van der Waals surface area (Å²) in [6, 6.07) is 9.00. The fourth-order valence-corrected chi connectivity index (χ4v) is 1.95. The van der Waals surface area contributed by atoms with Crippen molar-refractivity contribution in [1.82, 2.24) is 0 Å². The van der Waals surface area contributed by atoms with E-state index in [-0.39, 0.29) is 12.2 Å². The van der Waals surface area contributed by atoms with Gasteiger partial charge in [-0.2, -0.15) is 10.5 Å². The SMILES string of the molecule is COc1cccc(C=C(C#N)C#N)c1OCCCCCCO. The second-order valence-corrected chi connectivity index (χ2v) is 4.65. The van der Waals surface area contributed by atoms with E-state index in [4.69, 9.17) is 25.1 Å². The average Bonchev–Trinajstić information content (AvgIpc) is 2.56. The molecule has 5 heteroatoms. The van der Waals surface area contributed by atoms with Gasteiger partial charge in [-0.1, -0.05) is 18.6 Å². The summed E-state index contributed by atoms with van der Waals surface area (Å²) >= 11 is 0. The molecule has 0 aliphatic rings. The molecule has 0 atom stereocenters. The number of ether oxygens (including phenoxy) is 2. The predicted molar refractivity (Wildman–Crippen MR) is 83.2 cm³/mol. The number of nitriles is 2. The Labute approximate surface area is 131 Å². The second-order valence-electron chi connectivity index (χ2n) is 4.65. The lowest BCUT2D eigenvalue weighted by Gasteiger charge is -2.13. The van der Waals surface area contributed by atoms with Crippen molar-refractivity contribution >= 4 is 6.08 Å². The molecule has 0 radical (unpaired) electrons. The van der Waals surface area contributed by atoms with Crippen LogP contribution in [0.1, 0.15) is 31.2 Å². The highest BCUT2D eigenvalue weighted by Crippen LogP contribution is 2.32. The molecule has 0 amide bonds. The summed E-state index contributed by atoms with van der Waals surface area (Å²) < 4.78 is 11.1. The van der Waals surface area contributed by atoms with Gasteiger partial charge in [-0.15, -0.1) is 0 Å². The van der Waals surface area contributed by atoms with Crippen LogP contribution in [0, 0.1) is 22.7 Å². The van der Waals surface area contributed by atoms with Gasteiger partial charge in [-0.3, -0.25) is 0 Å². The molecule has 1 N–H and O–H groups in total. The summed E-state index contributed by atoms with van der Waals surface area (Å²) in [7, 11) is 1.55. The minimum atomic E-state index is 0.0149. The number of aliphatic hydroxyl groups is 1. The zero-order valence-electron chi connectivity index (χ0n) is 12.7. The molecule has 0 unspecified atom stereocenters. The average molecular weight is 300 g/mol. The Balaban J connectivity index is 2.81. The second kappa shape index (κ2) is 10.3. The molecule has 0 saturated heterocycles. The van der Waals surface area contributed by atoms with Crippen LogP contribution in [0.25, 0.3) is 6.08 Å². The summed E-state index contributed by atoms with van der Waals surface area (Å²) in [4.78, 5) is 0. The highest BCUT2D eigenvalue weighted by Gasteiger charge is 2.10. The highest BCUT2D eigenvalue weighted by molar-refractivity contribution is 5.68. The van der Waals surface area contributed by atoms with E-state index in [1.807, 2.05) is 12.1 Å². The topological polar surface area (TPSA) is 86.3 Å². The van der Waals surface area contributed by atoms with Crippen molar-refractivity contribution < 1.29 is 14.6 Å². The van der Waals surface area contributed by atoms with Gasteiger partial charge >= 0.3 is 0 Å². The molecular weight excluding hydrogens is 280 g/mol. The summed E-state index contributed by atoms with van der Waals surface area (Å²) in [6.45, 7) is 0.731. The molecule has 0 saturated carbocycles. The largest absolute Gasteiger partial charge is 0.493 e. The van der Waals surface area contributed by atoms with Gasteiger partial charge in [0.25, 0.3) is 0 Å². The first kappa shape index (κ1) is 17.6. The zero-order chi connectivity index (χ0) is 16.2. The predicted octanol–water partition coefficient (Wildman–Crippen LogP) is 3.06. The van der Waals surface area contributed by atoms with Crippen LogP contribution < -0.4 is 9.47 Å². The van der Waals surface area contributed by atoms with Crippen LogP contribution in [-0.4, -0.2) is 25.4 Å². The number of unbranched alkanes of at least 4 members (excludes halogenated alkanes) is 3. The molecule has 0 spiro atoms. The molecule has 0 fully saturated rings. The normalized spacial score (nSPS) is 9.45. The van der Waals surface area contributed by atoms with Crippen LogP contribution >= 0.6 is 0 Å². The molecule has 0 aromatic heterocycles. The van der Waals surface area contributed by atoms with E-state index in [0.717, 1.165) is 25.7 Å². The first-order valence-electron chi connectivity index (χ1n) is 7.19. The lowest BCUT2D eigenvalue weighted by molar-refractivity contribution is 0.268. The number of rotatable bonds is 9. The van der Waals surface area contributed by atoms with E-state index in [0.29, 0.717) is 23.7 Å². The van der Waals surface area contributed by atoms with Gasteiger partial charge in [0.05, 0.1) is 13.7 Å². The van der Waals surface area contributed by atoms with E-state index >= 15 is 0 Å². The van der Waals surface area contributed by atoms with Gasteiger partial charge in [-0.25, -0.2) is 0 Å². The molecule has 1 aromatic rings. The molecule has 1 aromatic carbocycles. The van der Waals surface area contributed by atoms with Crippen LogP contribution in [0.2, 0.25) is 0 Å². The van der Waals surface area contributed by atoms with Gasteiger partial charge < -0.3 is 14.6 Å². The fourth-order valence-electron chi connectivity index (χ4n) is 1.95. The smallest absolute Gasteiger partial charge is 0.168 e. The van der Waals surface area contributed by atoms with Crippen LogP contribution in [0.3, 0.4) is 0 Å². The van der Waals surface area contributed by atoms with Crippen molar-refractivity contribution in [3.63, 3.8) is 0 Å². The Morgan fingerprint density at radius 3 is 2.55 bits per heavy atom. The maximum atomic E-state index is 8.87. The molecule has 1 rings (SSSR count). The lowest BCUT2D eigenvalue weighted by Crippen LogP contribution is -2.01. The van der Waals surface area contributed by atoms with E-state index in [1.165, 1.54) is 6.08 Å². The third-order valence-corrected chi connectivity index (χ3v) is 3.07. The number of allylic oxidation sites excluding steroid dienone is 1. The monoisotopic (exact) mass is 300 g/mol. The number of nitrogens with zero attached hydrogens (tertiary/aromatic N) is 2. The molecule has 0 aliphatic carbocycles. The van der Waals surface area contributed by atoms with Crippen LogP contribution in [0.5, 0.6) is 11.5 Å². The number of methoxy groups -OCH3 is 1. The fraction of sp³-hybridized carbons (Fsp3) is 0.412. The van der Waals surface area contributed by atoms with Crippen molar-refractivity contribution in [2.75, 3.05) is 20.3 Å². The molecule has 0 heterocycles. The van der Waals surface area contributed by atoms with Gasteiger partial charge in [0.15, 0.2) is 11.5 Å². The van der Waals surface area contributed by atoms with Crippen LogP contribution in [0.4, 0.5) is 0 Å². The quantitative estimate of drug-likeness (QED) is 0.559. The highest BCUT2D eigenvalue weighted by atomic mass is 16.5. The van der Waals surface area contributed by atoms with Crippen molar-refractivity contribution in [1.29, 1.82) is 10.5 Å². The van der Waals surface area contributed by atoms with E-state index in [1.54, 1.807) is 25.3 Å². The Bertz CT molecular complexity index is 567. The minimum Gasteiger partial charge on any atom is -0.493 e. The zero-order valence-corrected chi connectivity index (χ0v) is 12.7. The van der Waals surface area contributed by atoms with Crippen molar-refractivity contribution in [3.05, 3.63) is 29.3 Å². The third kappa shape index (κ3) is 5.47. The third-order valence-electron chi connectivity index (χ3n) is 3.07. The Hall–Kier alpha value is -2.50.